The van der Waals surface area contributed by atoms with Gasteiger partial charge in [-0.2, -0.15) is 5.26 Å². The van der Waals surface area contributed by atoms with Gasteiger partial charge >= 0.3 is 0 Å². The number of carbonyl (C=O) groups excluding carboxylic acids is 1. The summed E-state index contributed by atoms with van der Waals surface area (Å²) < 4.78 is 0. The Bertz CT molecular complexity index is 168. The second-order valence-corrected chi connectivity index (χ2v) is 2.22. The zero-order valence-corrected chi connectivity index (χ0v) is 5.73. The van der Waals surface area contributed by atoms with Gasteiger partial charge in [0.05, 0.1) is 6.07 Å². The molecule has 1 unspecified atom stereocenters. The molecule has 0 spiro atoms. The molecule has 0 aromatic rings. The van der Waals surface area contributed by atoms with E-state index in [4.69, 9.17) is 11.0 Å². The molecule has 0 fully saturated rings. The summed E-state index contributed by atoms with van der Waals surface area (Å²) in [6, 6.07) is 1.69. The van der Waals surface area contributed by atoms with Gasteiger partial charge in [0.1, 0.15) is 0 Å². The van der Waals surface area contributed by atoms with Gasteiger partial charge in [-0.15, -0.1) is 0 Å². The molecule has 0 heterocycles. The van der Waals surface area contributed by atoms with Crippen molar-refractivity contribution in [2.45, 2.75) is 6.92 Å². The van der Waals surface area contributed by atoms with Crippen molar-refractivity contribution >= 4 is 23.0 Å². The minimum atomic E-state index is -0.903. The van der Waals surface area contributed by atoms with Crippen LogP contribution in [-0.2, 0) is 4.79 Å². The van der Waals surface area contributed by atoms with Crippen molar-refractivity contribution in [1.82, 2.24) is 0 Å². The summed E-state index contributed by atoms with van der Waals surface area (Å²) in [4.78, 5) is 10.6. The molecule has 0 aliphatic rings. The number of thiocarbonyl (C=S) groups is 1. The van der Waals surface area contributed by atoms with Crippen LogP contribution in [0.4, 0.5) is 0 Å². The molecular formula is C5H6N2OS. The predicted octanol–water partition coefficient (Wildman–Crippen LogP) is 0.00128. The third-order valence-corrected chi connectivity index (χ3v) is 1.06. The highest BCUT2D eigenvalue weighted by atomic mass is 32.1. The summed E-state index contributed by atoms with van der Waals surface area (Å²) in [6.07, 6.45) is 0. The molecule has 0 saturated heterocycles. The van der Waals surface area contributed by atoms with Gasteiger partial charge in [-0.05, 0) is 6.92 Å². The lowest BCUT2D eigenvalue weighted by atomic mass is 10.1. The van der Waals surface area contributed by atoms with Crippen molar-refractivity contribution < 1.29 is 4.79 Å². The monoisotopic (exact) mass is 142 g/mol. The average molecular weight is 142 g/mol. The highest BCUT2D eigenvalue weighted by molar-refractivity contribution is 7.80. The molecule has 0 aromatic carbocycles. The van der Waals surface area contributed by atoms with Gasteiger partial charge < -0.3 is 5.73 Å². The molecule has 0 saturated carbocycles. The number of nitrogens with two attached hydrogens (primary N) is 1. The smallest absolute Gasteiger partial charge is 0.239 e. The van der Waals surface area contributed by atoms with Crippen LogP contribution in [0.25, 0.3) is 0 Å². The number of hydrogen-bond acceptors (Lipinski definition) is 3. The van der Waals surface area contributed by atoms with E-state index in [1.54, 1.807) is 6.07 Å². The third-order valence-electron chi connectivity index (χ3n) is 0.820. The number of nitrogens with zero attached hydrogens (tertiary/aromatic N) is 1. The molecule has 4 heteroatoms. The summed E-state index contributed by atoms with van der Waals surface area (Å²) in [5, 5.41) is 8.23. The second-order valence-electron chi connectivity index (χ2n) is 1.58. The Balaban J connectivity index is 4.22. The molecule has 0 aromatic heterocycles. The maximum absolute atomic E-state index is 10.3. The first-order chi connectivity index (χ1) is 4.09. The van der Waals surface area contributed by atoms with E-state index in [0.717, 1.165) is 0 Å². The SMILES string of the molecule is CC(=S)C(C#N)C(N)=O. The molecule has 48 valence electrons. The van der Waals surface area contributed by atoms with Crippen LogP contribution in [-0.4, -0.2) is 10.8 Å². The fourth-order valence-electron chi connectivity index (χ4n) is 0.355. The lowest BCUT2D eigenvalue weighted by Crippen LogP contribution is -2.26. The number of carbonyl (C=O) groups is 1. The van der Waals surface area contributed by atoms with E-state index in [9.17, 15) is 4.79 Å². The van der Waals surface area contributed by atoms with Gasteiger partial charge in [0.15, 0.2) is 5.92 Å². The maximum atomic E-state index is 10.3. The largest absolute Gasteiger partial charge is 0.368 e. The minimum absolute atomic E-state index is 0.324. The zero-order chi connectivity index (χ0) is 7.44. The highest BCUT2D eigenvalue weighted by Crippen LogP contribution is 1.95. The van der Waals surface area contributed by atoms with E-state index < -0.39 is 11.8 Å². The van der Waals surface area contributed by atoms with Crippen molar-refractivity contribution in [2.24, 2.45) is 11.7 Å². The van der Waals surface area contributed by atoms with Gasteiger partial charge in [0.2, 0.25) is 5.91 Å². The Hall–Kier alpha value is -0.950. The first-order valence-corrected chi connectivity index (χ1v) is 2.69. The standard InChI is InChI=1S/C5H6N2OS/c1-3(9)4(2-6)5(7)8/h4H,1H3,(H2,7,8). The van der Waals surface area contributed by atoms with E-state index in [0.29, 0.717) is 4.86 Å². The lowest BCUT2D eigenvalue weighted by molar-refractivity contribution is -0.118. The van der Waals surface area contributed by atoms with Gasteiger partial charge in [-0.1, -0.05) is 12.2 Å². The Morgan fingerprint density at radius 2 is 2.33 bits per heavy atom. The fourth-order valence-corrected chi connectivity index (χ4v) is 0.524. The third kappa shape index (κ3) is 2.20. The van der Waals surface area contributed by atoms with Crippen LogP contribution in [0, 0.1) is 17.2 Å². The molecule has 3 nitrogen and oxygen atoms in total. The average Bonchev–Trinajstić information content (AvgIpc) is 1.64. The molecule has 1 atom stereocenters. The first kappa shape index (κ1) is 8.05. The summed E-state index contributed by atoms with van der Waals surface area (Å²) >= 11 is 4.57. The maximum Gasteiger partial charge on any atom is 0.239 e. The quantitative estimate of drug-likeness (QED) is 0.552. The molecule has 0 bridgehead atoms. The summed E-state index contributed by atoms with van der Waals surface area (Å²) in [5.74, 6) is -1.58. The molecule has 0 aliphatic carbocycles. The van der Waals surface area contributed by atoms with E-state index in [2.05, 4.69) is 12.2 Å². The molecule has 2 N–H and O–H groups in total. The number of nitriles is 1. The summed E-state index contributed by atoms with van der Waals surface area (Å²) in [5.41, 5.74) is 4.80. The molecule has 0 radical (unpaired) electrons. The molecule has 1 amide bonds. The van der Waals surface area contributed by atoms with Crippen LogP contribution in [0.15, 0.2) is 0 Å². The van der Waals surface area contributed by atoms with E-state index >= 15 is 0 Å². The van der Waals surface area contributed by atoms with Gasteiger partial charge in [0.25, 0.3) is 0 Å². The predicted molar refractivity (Wildman–Crippen MR) is 36.6 cm³/mol. The van der Waals surface area contributed by atoms with E-state index in [1.807, 2.05) is 0 Å². The Morgan fingerprint density at radius 1 is 1.89 bits per heavy atom. The summed E-state index contributed by atoms with van der Waals surface area (Å²) in [7, 11) is 0. The number of primary amides is 1. The van der Waals surface area contributed by atoms with Crippen LogP contribution < -0.4 is 5.73 Å². The van der Waals surface area contributed by atoms with Crippen molar-refractivity contribution in [2.75, 3.05) is 0 Å². The zero-order valence-electron chi connectivity index (χ0n) is 4.92. The highest BCUT2D eigenvalue weighted by Gasteiger charge is 2.15. The number of amides is 1. The van der Waals surface area contributed by atoms with Crippen molar-refractivity contribution in [3.05, 3.63) is 0 Å². The Kier molecular flexibility index (Phi) is 2.82. The van der Waals surface area contributed by atoms with Crippen molar-refractivity contribution in [3.8, 4) is 6.07 Å². The number of rotatable bonds is 2. The molecular weight excluding hydrogens is 136 g/mol. The van der Waals surface area contributed by atoms with Crippen molar-refractivity contribution in [3.63, 3.8) is 0 Å². The second kappa shape index (κ2) is 3.15. The van der Waals surface area contributed by atoms with Crippen molar-refractivity contribution in [1.29, 1.82) is 5.26 Å². The normalized spacial score (nSPS) is 11.6. The van der Waals surface area contributed by atoms with Crippen LogP contribution >= 0.6 is 12.2 Å². The van der Waals surface area contributed by atoms with E-state index in [-0.39, 0.29) is 0 Å². The van der Waals surface area contributed by atoms with Gasteiger partial charge in [-0.3, -0.25) is 4.79 Å². The first-order valence-electron chi connectivity index (χ1n) is 2.29. The Labute approximate surface area is 58.5 Å². The molecule has 0 rings (SSSR count). The fraction of sp³-hybridized carbons (Fsp3) is 0.400. The van der Waals surface area contributed by atoms with Crippen LogP contribution in [0.2, 0.25) is 0 Å². The van der Waals surface area contributed by atoms with Gasteiger partial charge in [0, 0.05) is 4.86 Å². The van der Waals surface area contributed by atoms with Crippen LogP contribution in [0.3, 0.4) is 0 Å². The van der Waals surface area contributed by atoms with Crippen LogP contribution in [0.1, 0.15) is 6.92 Å². The Morgan fingerprint density at radius 3 is 2.33 bits per heavy atom. The number of hydrogen-bond donors (Lipinski definition) is 1. The topological polar surface area (TPSA) is 66.9 Å². The van der Waals surface area contributed by atoms with E-state index in [1.165, 1.54) is 6.92 Å². The lowest BCUT2D eigenvalue weighted by Gasteiger charge is -1.97. The van der Waals surface area contributed by atoms with Gasteiger partial charge in [-0.25, -0.2) is 0 Å². The molecule has 0 aliphatic heterocycles. The molecule has 9 heavy (non-hydrogen) atoms. The summed E-state index contributed by atoms with van der Waals surface area (Å²) in [6.45, 7) is 1.52. The minimum Gasteiger partial charge on any atom is -0.368 e. The van der Waals surface area contributed by atoms with Crippen LogP contribution in [0.5, 0.6) is 0 Å².